The van der Waals surface area contributed by atoms with E-state index in [-0.39, 0.29) is 24.0 Å². The SMILES string of the molecule is C[C@@H](NCC(=O)N1c2ccccc2NC(=O)C[C@H]1C(F)(F)F)c1ccccc1Cl. The van der Waals surface area contributed by atoms with Gasteiger partial charge in [0, 0.05) is 11.1 Å². The molecule has 2 amide bonds. The highest BCUT2D eigenvalue weighted by molar-refractivity contribution is 6.31. The largest absolute Gasteiger partial charge is 0.409 e. The van der Waals surface area contributed by atoms with Gasteiger partial charge in [-0.25, -0.2) is 0 Å². The van der Waals surface area contributed by atoms with Crippen LogP contribution in [0.3, 0.4) is 0 Å². The number of alkyl halides is 3. The third-order valence-corrected chi connectivity index (χ3v) is 5.05. The van der Waals surface area contributed by atoms with E-state index in [0.29, 0.717) is 9.92 Å². The first-order chi connectivity index (χ1) is 13.7. The summed E-state index contributed by atoms with van der Waals surface area (Å²) in [5.41, 5.74) is 0.900. The van der Waals surface area contributed by atoms with E-state index < -0.39 is 30.5 Å². The van der Waals surface area contributed by atoms with Crippen LogP contribution in [-0.2, 0) is 9.59 Å². The van der Waals surface area contributed by atoms with Crippen LogP contribution in [0.5, 0.6) is 0 Å². The summed E-state index contributed by atoms with van der Waals surface area (Å²) in [6.07, 6.45) is -5.64. The number of carbonyl (C=O) groups excluding carboxylic acids is 2. The number of fused-ring (bicyclic) bond motifs is 1. The topological polar surface area (TPSA) is 61.4 Å². The molecule has 0 aromatic heterocycles. The smallest absolute Gasteiger partial charge is 0.324 e. The van der Waals surface area contributed by atoms with Crippen LogP contribution < -0.4 is 15.5 Å². The number of amides is 2. The molecule has 0 saturated carbocycles. The third-order valence-electron chi connectivity index (χ3n) is 4.71. The Morgan fingerprint density at radius 1 is 1.24 bits per heavy atom. The van der Waals surface area contributed by atoms with Crippen LogP contribution in [0.15, 0.2) is 48.5 Å². The van der Waals surface area contributed by atoms with Gasteiger partial charge < -0.3 is 10.6 Å². The van der Waals surface area contributed by atoms with Crippen molar-refractivity contribution in [2.45, 2.75) is 31.6 Å². The van der Waals surface area contributed by atoms with Crippen molar-refractivity contribution in [3.8, 4) is 0 Å². The molecule has 9 heteroatoms. The van der Waals surface area contributed by atoms with Gasteiger partial charge in [0.25, 0.3) is 0 Å². The molecule has 2 N–H and O–H groups in total. The number of halogens is 4. The zero-order valence-corrected chi connectivity index (χ0v) is 16.2. The molecule has 0 bridgehead atoms. The Morgan fingerprint density at radius 3 is 2.59 bits per heavy atom. The van der Waals surface area contributed by atoms with Crippen molar-refractivity contribution in [3.05, 3.63) is 59.1 Å². The molecule has 0 fully saturated rings. The van der Waals surface area contributed by atoms with Gasteiger partial charge in [-0.2, -0.15) is 13.2 Å². The molecule has 1 heterocycles. The fraction of sp³-hybridized carbons (Fsp3) is 0.300. The molecular formula is C20H19ClF3N3O2. The summed E-state index contributed by atoms with van der Waals surface area (Å²) in [4.78, 5) is 25.5. The van der Waals surface area contributed by atoms with Crippen molar-refractivity contribution in [3.63, 3.8) is 0 Å². The fourth-order valence-electron chi connectivity index (χ4n) is 3.26. The predicted molar refractivity (Wildman–Crippen MR) is 105 cm³/mol. The first-order valence-corrected chi connectivity index (χ1v) is 9.31. The van der Waals surface area contributed by atoms with Crippen molar-refractivity contribution in [1.29, 1.82) is 0 Å². The average Bonchev–Trinajstić information content (AvgIpc) is 2.81. The number of anilines is 2. The second kappa shape index (κ2) is 8.42. The Bertz CT molecular complexity index is 920. The minimum atomic E-state index is -4.77. The van der Waals surface area contributed by atoms with Gasteiger partial charge >= 0.3 is 6.18 Å². The second-order valence-electron chi connectivity index (χ2n) is 6.71. The quantitative estimate of drug-likeness (QED) is 0.768. The number of hydrogen-bond donors (Lipinski definition) is 2. The summed E-state index contributed by atoms with van der Waals surface area (Å²) in [7, 11) is 0. The highest BCUT2D eigenvalue weighted by Gasteiger charge is 2.48. The summed E-state index contributed by atoms with van der Waals surface area (Å²) in [5, 5.41) is 5.85. The Balaban J connectivity index is 1.87. The van der Waals surface area contributed by atoms with Crippen LogP contribution >= 0.6 is 11.6 Å². The van der Waals surface area contributed by atoms with E-state index in [2.05, 4.69) is 10.6 Å². The molecule has 0 radical (unpaired) electrons. The van der Waals surface area contributed by atoms with Gasteiger partial charge in [0.2, 0.25) is 11.8 Å². The number of carbonyl (C=O) groups is 2. The van der Waals surface area contributed by atoms with E-state index in [0.717, 1.165) is 5.56 Å². The molecule has 0 saturated heterocycles. The standard InChI is InChI=1S/C20H19ClF3N3O2/c1-12(13-6-2-3-7-14(13)21)25-11-19(29)27-16-9-5-4-8-15(16)26-18(28)10-17(27)20(22,23)24/h2-9,12,17,25H,10-11H2,1H3,(H,26,28)/t12-,17+/m1/s1. The van der Waals surface area contributed by atoms with E-state index in [1.54, 1.807) is 37.3 Å². The van der Waals surface area contributed by atoms with Crippen LogP contribution in [0, 0.1) is 0 Å². The lowest BCUT2D eigenvalue weighted by Crippen LogP contribution is -2.52. The molecule has 0 aliphatic carbocycles. The third kappa shape index (κ3) is 4.71. The van der Waals surface area contributed by atoms with Gasteiger partial charge in [-0.3, -0.25) is 14.5 Å². The van der Waals surface area contributed by atoms with Gasteiger partial charge in [-0.05, 0) is 30.7 Å². The maximum absolute atomic E-state index is 13.7. The van der Waals surface area contributed by atoms with Gasteiger partial charge in [0.1, 0.15) is 6.04 Å². The first kappa shape index (κ1) is 21.1. The van der Waals surface area contributed by atoms with Crippen molar-refractivity contribution < 1.29 is 22.8 Å². The summed E-state index contributed by atoms with van der Waals surface area (Å²) >= 11 is 6.14. The molecule has 2 atom stereocenters. The monoisotopic (exact) mass is 425 g/mol. The highest BCUT2D eigenvalue weighted by atomic mass is 35.5. The Hall–Kier alpha value is -2.58. The summed E-state index contributed by atoms with van der Waals surface area (Å²) < 4.78 is 41.1. The fourth-order valence-corrected chi connectivity index (χ4v) is 3.56. The van der Waals surface area contributed by atoms with Gasteiger partial charge in [0.15, 0.2) is 0 Å². The average molecular weight is 426 g/mol. The van der Waals surface area contributed by atoms with E-state index in [9.17, 15) is 22.8 Å². The number of hydrogen-bond acceptors (Lipinski definition) is 3. The number of rotatable bonds is 4. The zero-order valence-electron chi connectivity index (χ0n) is 15.5. The first-order valence-electron chi connectivity index (χ1n) is 8.94. The van der Waals surface area contributed by atoms with Crippen LogP contribution in [0.25, 0.3) is 0 Å². The predicted octanol–water partition coefficient (Wildman–Crippen LogP) is 4.30. The van der Waals surface area contributed by atoms with Crippen molar-refractivity contribution in [1.82, 2.24) is 5.32 Å². The molecule has 0 spiro atoms. The van der Waals surface area contributed by atoms with Crippen molar-refractivity contribution in [2.75, 3.05) is 16.8 Å². The van der Waals surface area contributed by atoms with Crippen LogP contribution in [-0.4, -0.2) is 30.6 Å². The van der Waals surface area contributed by atoms with E-state index in [4.69, 9.17) is 11.6 Å². The molecule has 5 nitrogen and oxygen atoms in total. The number of benzene rings is 2. The highest BCUT2D eigenvalue weighted by Crippen LogP contribution is 2.37. The summed E-state index contributed by atoms with van der Waals surface area (Å²) in [6, 6.07) is 10.3. The Labute approximate surface area is 170 Å². The molecule has 1 aliphatic heterocycles. The van der Waals surface area contributed by atoms with E-state index >= 15 is 0 Å². The zero-order chi connectivity index (χ0) is 21.2. The number of nitrogens with one attached hydrogen (secondary N) is 2. The van der Waals surface area contributed by atoms with Crippen LogP contribution in [0.4, 0.5) is 24.5 Å². The van der Waals surface area contributed by atoms with Crippen LogP contribution in [0.1, 0.15) is 24.9 Å². The van der Waals surface area contributed by atoms with Gasteiger partial charge in [-0.1, -0.05) is 41.9 Å². The van der Waals surface area contributed by atoms with E-state index in [1.165, 1.54) is 18.2 Å². The number of nitrogens with zero attached hydrogens (tertiary/aromatic N) is 1. The van der Waals surface area contributed by atoms with Gasteiger partial charge in [-0.15, -0.1) is 0 Å². The second-order valence-corrected chi connectivity index (χ2v) is 7.12. The lowest BCUT2D eigenvalue weighted by atomic mass is 10.1. The summed E-state index contributed by atoms with van der Waals surface area (Å²) in [5.74, 6) is -1.59. The normalized spacial score (nSPS) is 17.9. The maximum Gasteiger partial charge on any atom is 0.409 e. The molecule has 1 aliphatic rings. The van der Waals surface area contributed by atoms with E-state index in [1.807, 2.05) is 0 Å². The van der Waals surface area contributed by atoms with Crippen LogP contribution in [0.2, 0.25) is 5.02 Å². The number of para-hydroxylation sites is 2. The lowest BCUT2D eigenvalue weighted by Gasteiger charge is -2.32. The molecular weight excluding hydrogens is 407 g/mol. The molecule has 2 aromatic rings. The van der Waals surface area contributed by atoms with Crippen molar-refractivity contribution >= 4 is 34.8 Å². The molecule has 0 unspecified atom stereocenters. The maximum atomic E-state index is 13.7. The minimum Gasteiger partial charge on any atom is -0.324 e. The van der Waals surface area contributed by atoms with Crippen molar-refractivity contribution in [2.24, 2.45) is 0 Å². The Kier molecular flexibility index (Phi) is 6.14. The molecule has 2 aromatic carbocycles. The molecule has 3 rings (SSSR count). The van der Waals surface area contributed by atoms with Gasteiger partial charge in [0.05, 0.1) is 24.3 Å². The lowest BCUT2D eigenvalue weighted by molar-refractivity contribution is -0.157. The Morgan fingerprint density at radius 2 is 1.90 bits per heavy atom. The summed E-state index contributed by atoms with van der Waals surface area (Å²) in [6.45, 7) is 1.40. The molecule has 154 valence electrons. The minimum absolute atomic E-state index is 0.0119. The molecule has 29 heavy (non-hydrogen) atoms.